The average molecular weight is 426 g/mol. The molecule has 31 heavy (non-hydrogen) atoms. The van der Waals surface area contributed by atoms with Crippen molar-refractivity contribution in [2.24, 2.45) is 0 Å². The molecule has 3 N–H and O–H groups in total. The molecule has 2 aliphatic rings. The minimum Gasteiger partial charge on any atom is -0.493 e. The molecule has 1 amide bonds. The standard InChI is InChI=1S/C24H29N3O4/c1-17-3-5-20(24(29)30-2)14-21(17)25-23(28)16-27-10-8-26(9-11-27)15-18-4-6-22-19(13-18)7-12-31-22/h3-6,13-14H,7-12,15-16H2,1-2H3,(H,25,28)/p+2. The van der Waals surface area contributed by atoms with E-state index in [1.54, 1.807) is 17.0 Å². The monoisotopic (exact) mass is 425 g/mol. The van der Waals surface area contributed by atoms with Gasteiger partial charge in [0.25, 0.3) is 5.91 Å². The Hall–Kier alpha value is -2.90. The van der Waals surface area contributed by atoms with Crippen LogP contribution in [0.25, 0.3) is 0 Å². The van der Waals surface area contributed by atoms with Crippen LogP contribution >= 0.6 is 0 Å². The van der Waals surface area contributed by atoms with Gasteiger partial charge in [-0.15, -0.1) is 0 Å². The molecule has 0 bridgehead atoms. The van der Waals surface area contributed by atoms with E-state index in [0.717, 1.165) is 57.1 Å². The summed E-state index contributed by atoms with van der Waals surface area (Å²) in [4.78, 5) is 27.2. The molecule has 2 heterocycles. The third-order valence-electron chi connectivity index (χ3n) is 6.22. The lowest BCUT2D eigenvalue weighted by Crippen LogP contribution is -3.28. The fourth-order valence-electron chi connectivity index (χ4n) is 4.37. The second-order valence-electron chi connectivity index (χ2n) is 8.46. The van der Waals surface area contributed by atoms with Gasteiger partial charge in [0.2, 0.25) is 0 Å². The maximum Gasteiger partial charge on any atom is 0.337 e. The molecule has 2 aliphatic heterocycles. The summed E-state index contributed by atoms with van der Waals surface area (Å²) < 4.78 is 10.4. The van der Waals surface area contributed by atoms with E-state index in [4.69, 9.17) is 9.47 Å². The number of rotatable bonds is 6. The molecule has 1 fully saturated rings. The summed E-state index contributed by atoms with van der Waals surface area (Å²) >= 11 is 0. The van der Waals surface area contributed by atoms with E-state index < -0.39 is 5.97 Å². The summed E-state index contributed by atoms with van der Waals surface area (Å²) in [6.07, 6.45) is 1.01. The van der Waals surface area contributed by atoms with E-state index in [-0.39, 0.29) is 5.91 Å². The zero-order chi connectivity index (χ0) is 21.8. The van der Waals surface area contributed by atoms with Crippen LogP contribution in [-0.4, -0.2) is 58.3 Å². The summed E-state index contributed by atoms with van der Waals surface area (Å²) in [5, 5.41) is 2.97. The predicted octanol–water partition coefficient (Wildman–Crippen LogP) is -0.361. The van der Waals surface area contributed by atoms with Crippen molar-refractivity contribution in [3.8, 4) is 5.75 Å². The zero-order valence-electron chi connectivity index (χ0n) is 18.3. The van der Waals surface area contributed by atoms with Gasteiger partial charge in [0.1, 0.15) is 38.5 Å². The Bertz CT molecular complexity index is 967. The van der Waals surface area contributed by atoms with E-state index in [1.807, 2.05) is 13.0 Å². The number of esters is 1. The molecule has 4 rings (SSSR count). The summed E-state index contributed by atoms with van der Waals surface area (Å²) in [5.74, 6) is 0.602. The predicted molar refractivity (Wildman–Crippen MR) is 117 cm³/mol. The highest BCUT2D eigenvalue weighted by molar-refractivity contribution is 5.95. The van der Waals surface area contributed by atoms with E-state index in [1.165, 1.54) is 23.1 Å². The number of nitrogens with one attached hydrogen (secondary N) is 3. The van der Waals surface area contributed by atoms with Gasteiger partial charge < -0.3 is 24.6 Å². The molecule has 0 spiro atoms. The van der Waals surface area contributed by atoms with Crippen LogP contribution in [0.3, 0.4) is 0 Å². The molecule has 7 nitrogen and oxygen atoms in total. The quantitative estimate of drug-likeness (QED) is 0.553. The zero-order valence-corrected chi connectivity index (χ0v) is 18.3. The highest BCUT2D eigenvalue weighted by atomic mass is 16.5. The van der Waals surface area contributed by atoms with Crippen LogP contribution in [0.5, 0.6) is 5.75 Å². The van der Waals surface area contributed by atoms with Gasteiger partial charge in [0.05, 0.1) is 19.3 Å². The minimum absolute atomic E-state index is 0.0258. The molecule has 7 heteroatoms. The molecule has 1 saturated heterocycles. The first-order valence-electron chi connectivity index (χ1n) is 10.9. The van der Waals surface area contributed by atoms with Gasteiger partial charge in [-0.25, -0.2) is 4.79 Å². The topological polar surface area (TPSA) is 73.5 Å². The molecular formula is C24H31N3O4+2. The second-order valence-corrected chi connectivity index (χ2v) is 8.46. The number of carbonyl (C=O) groups excluding carboxylic acids is 2. The Morgan fingerprint density at radius 2 is 1.84 bits per heavy atom. The number of amides is 1. The van der Waals surface area contributed by atoms with Gasteiger partial charge in [-0.2, -0.15) is 0 Å². The summed E-state index contributed by atoms with van der Waals surface area (Å²) in [7, 11) is 1.35. The Kier molecular flexibility index (Phi) is 6.53. The van der Waals surface area contributed by atoms with Crippen LogP contribution in [0.1, 0.15) is 27.0 Å². The van der Waals surface area contributed by atoms with Crippen molar-refractivity contribution in [2.75, 3.05) is 51.8 Å². The maximum atomic E-state index is 12.6. The van der Waals surface area contributed by atoms with Gasteiger partial charge in [-0.3, -0.25) is 4.79 Å². The number of fused-ring (bicyclic) bond motifs is 1. The first-order chi connectivity index (χ1) is 15.0. The molecule has 0 unspecified atom stereocenters. The second kappa shape index (κ2) is 9.49. The van der Waals surface area contributed by atoms with E-state index >= 15 is 0 Å². The number of ether oxygens (including phenoxy) is 2. The van der Waals surface area contributed by atoms with E-state index in [9.17, 15) is 9.59 Å². The lowest BCUT2D eigenvalue weighted by molar-refractivity contribution is -1.02. The average Bonchev–Trinajstić information content (AvgIpc) is 3.24. The molecular weight excluding hydrogens is 394 g/mol. The number of benzene rings is 2. The van der Waals surface area contributed by atoms with Crippen molar-refractivity contribution >= 4 is 17.6 Å². The molecule has 2 aromatic carbocycles. The number of hydrogen-bond donors (Lipinski definition) is 3. The van der Waals surface area contributed by atoms with Gasteiger partial charge in [-0.05, 0) is 48.4 Å². The molecule has 0 aromatic heterocycles. The van der Waals surface area contributed by atoms with Crippen molar-refractivity contribution in [3.05, 3.63) is 58.7 Å². The van der Waals surface area contributed by atoms with Crippen LogP contribution in [0.2, 0.25) is 0 Å². The van der Waals surface area contributed by atoms with Crippen LogP contribution in [-0.2, 0) is 22.5 Å². The highest BCUT2D eigenvalue weighted by Gasteiger charge is 2.25. The first-order valence-corrected chi connectivity index (χ1v) is 10.9. The number of carbonyl (C=O) groups is 2. The molecule has 0 atom stereocenters. The van der Waals surface area contributed by atoms with Crippen molar-refractivity contribution < 1.29 is 28.9 Å². The smallest absolute Gasteiger partial charge is 0.337 e. The van der Waals surface area contributed by atoms with Crippen LogP contribution in [0.15, 0.2) is 36.4 Å². The molecule has 0 saturated carbocycles. The fraction of sp³-hybridized carbons (Fsp3) is 0.417. The van der Waals surface area contributed by atoms with Crippen LogP contribution < -0.4 is 19.9 Å². The lowest BCUT2D eigenvalue weighted by Gasteiger charge is -2.29. The van der Waals surface area contributed by atoms with Crippen LogP contribution in [0.4, 0.5) is 5.69 Å². The third-order valence-corrected chi connectivity index (χ3v) is 6.22. The molecule has 0 aliphatic carbocycles. The van der Waals surface area contributed by atoms with E-state index in [0.29, 0.717) is 17.8 Å². The number of quaternary nitrogens is 2. The normalized spacial score (nSPS) is 19.9. The van der Waals surface area contributed by atoms with Crippen molar-refractivity contribution in [2.45, 2.75) is 19.9 Å². The third kappa shape index (κ3) is 5.24. The highest BCUT2D eigenvalue weighted by Crippen LogP contribution is 2.25. The number of hydrogen-bond acceptors (Lipinski definition) is 4. The summed E-state index contributed by atoms with van der Waals surface area (Å²) in [6.45, 7) is 8.20. The van der Waals surface area contributed by atoms with Crippen molar-refractivity contribution in [1.29, 1.82) is 0 Å². The van der Waals surface area contributed by atoms with E-state index in [2.05, 4.69) is 23.5 Å². The van der Waals surface area contributed by atoms with Crippen molar-refractivity contribution in [1.82, 2.24) is 0 Å². The fourth-order valence-corrected chi connectivity index (χ4v) is 4.37. The molecule has 2 aromatic rings. The molecule has 164 valence electrons. The van der Waals surface area contributed by atoms with Gasteiger partial charge in [0.15, 0.2) is 6.54 Å². The van der Waals surface area contributed by atoms with Gasteiger partial charge in [0, 0.05) is 17.7 Å². The number of aryl methyl sites for hydroxylation is 1. The Balaban J connectivity index is 1.26. The Morgan fingerprint density at radius 3 is 2.61 bits per heavy atom. The number of anilines is 1. The maximum absolute atomic E-state index is 12.6. The Morgan fingerprint density at radius 1 is 1.06 bits per heavy atom. The minimum atomic E-state index is -0.406. The summed E-state index contributed by atoms with van der Waals surface area (Å²) in [6, 6.07) is 11.8. The number of methoxy groups -OCH3 is 1. The molecule has 0 radical (unpaired) electrons. The van der Waals surface area contributed by atoms with Crippen LogP contribution in [0, 0.1) is 6.92 Å². The first kappa shape index (κ1) is 21.3. The number of piperazine rings is 1. The Labute approximate surface area is 182 Å². The lowest BCUT2D eigenvalue weighted by atomic mass is 10.1. The largest absolute Gasteiger partial charge is 0.493 e. The van der Waals surface area contributed by atoms with Gasteiger partial charge >= 0.3 is 5.97 Å². The SMILES string of the molecule is COC(=O)c1ccc(C)c(NC(=O)C[NH+]2CC[NH+](Cc3ccc4c(c3)CCO4)CC2)c1. The van der Waals surface area contributed by atoms with Crippen molar-refractivity contribution in [3.63, 3.8) is 0 Å². The summed E-state index contributed by atoms with van der Waals surface area (Å²) in [5.41, 5.74) is 4.71. The van der Waals surface area contributed by atoms with Gasteiger partial charge in [-0.1, -0.05) is 6.07 Å².